The largest absolute Gasteiger partial charge is 0.506 e. The second-order valence-corrected chi connectivity index (χ2v) is 6.98. The van der Waals surface area contributed by atoms with E-state index in [1.165, 1.54) is 0 Å². The lowest BCUT2D eigenvalue weighted by Gasteiger charge is -2.12. The molecular formula is C12H13Br2ClO2. The van der Waals surface area contributed by atoms with Gasteiger partial charge in [0.2, 0.25) is 0 Å². The first-order chi connectivity index (χ1) is 7.91. The Balaban J connectivity index is 2.91. The van der Waals surface area contributed by atoms with Crippen LogP contribution in [0, 0.1) is 0 Å². The van der Waals surface area contributed by atoms with Gasteiger partial charge in [-0.1, -0.05) is 25.4 Å². The van der Waals surface area contributed by atoms with Crippen LogP contribution in [0.25, 0.3) is 0 Å². The van der Waals surface area contributed by atoms with Gasteiger partial charge in [-0.15, -0.1) is 0 Å². The first-order valence-corrected chi connectivity index (χ1v) is 7.04. The lowest BCUT2D eigenvalue weighted by molar-refractivity contribution is 0.361. The Kier molecular flexibility index (Phi) is 5.83. The summed E-state index contributed by atoms with van der Waals surface area (Å²) < 4.78 is 6.34. The molecule has 0 saturated carbocycles. The minimum Gasteiger partial charge on any atom is -0.506 e. The van der Waals surface area contributed by atoms with Crippen LogP contribution in [0.3, 0.4) is 0 Å². The van der Waals surface area contributed by atoms with Gasteiger partial charge in [0.15, 0.2) is 0 Å². The van der Waals surface area contributed by atoms with Crippen LogP contribution in [0.5, 0.6) is 11.5 Å². The highest BCUT2D eigenvalue weighted by atomic mass is 79.9. The highest BCUT2D eigenvalue weighted by molar-refractivity contribution is 9.28. The van der Waals surface area contributed by atoms with Crippen LogP contribution in [0.2, 0.25) is 5.02 Å². The number of hydrogen-bond acceptors (Lipinski definition) is 2. The smallest absolute Gasteiger partial charge is 0.137 e. The number of halogens is 3. The predicted octanol–water partition coefficient (Wildman–Crippen LogP) is 5.18. The topological polar surface area (TPSA) is 29.5 Å². The zero-order valence-electron chi connectivity index (χ0n) is 9.51. The van der Waals surface area contributed by atoms with E-state index < -0.39 is 0 Å². The molecule has 1 aromatic rings. The highest BCUT2D eigenvalue weighted by Gasteiger charge is 2.12. The van der Waals surface area contributed by atoms with Gasteiger partial charge in [0.05, 0.1) is 8.41 Å². The van der Waals surface area contributed by atoms with Crippen molar-refractivity contribution < 1.29 is 9.84 Å². The van der Waals surface area contributed by atoms with E-state index in [1.807, 2.05) is 26.0 Å². The fraction of sp³-hybridized carbons (Fsp3) is 0.333. The summed E-state index contributed by atoms with van der Waals surface area (Å²) in [5.41, 5.74) is 0.786. The molecule has 0 aliphatic rings. The lowest BCUT2D eigenvalue weighted by atomic mass is 10.0. The molecule has 0 aliphatic carbocycles. The van der Waals surface area contributed by atoms with Gasteiger partial charge in [-0.2, -0.15) is 0 Å². The first-order valence-electron chi connectivity index (χ1n) is 5.08. The Hall–Kier alpha value is -0.190. The molecule has 5 heteroatoms. The summed E-state index contributed by atoms with van der Waals surface area (Å²) in [6.07, 6.45) is 1.83. The third-order valence-corrected chi connectivity index (χ3v) is 3.11. The highest BCUT2D eigenvalue weighted by Crippen LogP contribution is 2.36. The molecular weight excluding hydrogens is 371 g/mol. The summed E-state index contributed by atoms with van der Waals surface area (Å²) in [7, 11) is 0. The maximum Gasteiger partial charge on any atom is 0.137 e. The van der Waals surface area contributed by atoms with Crippen LogP contribution in [-0.4, -0.2) is 11.7 Å². The maximum atomic E-state index is 9.79. The molecule has 94 valence electrons. The zero-order chi connectivity index (χ0) is 13.0. The number of benzene rings is 1. The predicted molar refractivity (Wildman–Crippen MR) is 78.6 cm³/mol. The molecule has 0 atom stereocenters. The average molecular weight is 384 g/mol. The van der Waals surface area contributed by atoms with Crippen molar-refractivity contribution in [3.05, 3.63) is 32.2 Å². The standard InChI is InChI=1S/C12H13Br2ClO2/c1-7(2)9-5-8(6-10(15)12(9)16)17-4-3-11(13)14/h3,5-7,16H,4H2,1-2H3. The molecule has 0 aromatic heterocycles. The zero-order valence-corrected chi connectivity index (χ0v) is 13.4. The van der Waals surface area contributed by atoms with Crippen LogP contribution in [0.1, 0.15) is 25.3 Å². The molecule has 0 bridgehead atoms. The Morgan fingerprint density at radius 3 is 2.65 bits per heavy atom. The van der Waals surface area contributed by atoms with Crippen LogP contribution in [0.15, 0.2) is 21.6 Å². The van der Waals surface area contributed by atoms with Gasteiger partial charge in [0.1, 0.15) is 18.1 Å². The maximum absolute atomic E-state index is 9.79. The second-order valence-electron chi connectivity index (χ2n) is 3.80. The summed E-state index contributed by atoms with van der Waals surface area (Å²) in [5, 5.41) is 10.1. The molecule has 2 nitrogen and oxygen atoms in total. The molecule has 0 unspecified atom stereocenters. The minimum absolute atomic E-state index is 0.131. The monoisotopic (exact) mass is 382 g/mol. The summed E-state index contributed by atoms with van der Waals surface area (Å²) in [6, 6.07) is 3.42. The SMILES string of the molecule is CC(C)c1cc(OCC=C(Br)Br)cc(Cl)c1O. The van der Waals surface area contributed by atoms with Gasteiger partial charge in [-0.05, 0) is 49.9 Å². The molecule has 1 rings (SSSR count). The van der Waals surface area contributed by atoms with Crippen LogP contribution < -0.4 is 4.74 Å². The van der Waals surface area contributed by atoms with Crippen molar-refractivity contribution in [3.8, 4) is 11.5 Å². The quantitative estimate of drug-likeness (QED) is 0.775. The summed E-state index contributed by atoms with van der Waals surface area (Å²) >= 11 is 12.4. The Morgan fingerprint density at radius 1 is 1.47 bits per heavy atom. The number of phenolic OH excluding ortho intramolecular Hbond substituents is 1. The number of phenols is 1. The average Bonchev–Trinajstić information content (AvgIpc) is 2.22. The first kappa shape index (κ1) is 14.9. The molecule has 0 heterocycles. The third kappa shape index (κ3) is 4.53. The number of rotatable bonds is 4. The summed E-state index contributed by atoms with van der Waals surface area (Å²) in [6.45, 7) is 4.40. The van der Waals surface area contributed by atoms with Gasteiger partial charge in [0, 0.05) is 11.6 Å². The van der Waals surface area contributed by atoms with Crippen LogP contribution in [0.4, 0.5) is 0 Å². The summed E-state index contributed by atoms with van der Waals surface area (Å²) in [4.78, 5) is 0. The van der Waals surface area contributed by atoms with Crippen molar-refractivity contribution in [2.45, 2.75) is 19.8 Å². The molecule has 0 saturated heterocycles. The van der Waals surface area contributed by atoms with Gasteiger partial charge in [-0.25, -0.2) is 0 Å². The van der Waals surface area contributed by atoms with Gasteiger partial charge in [0.25, 0.3) is 0 Å². The Morgan fingerprint density at radius 2 is 2.12 bits per heavy atom. The molecule has 0 radical (unpaired) electrons. The molecule has 0 amide bonds. The Bertz CT molecular complexity index is 427. The van der Waals surface area contributed by atoms with Crippen molar-refractivity contribution in [3.63, 3.8) is 0 Å². The fourth-order valence-corrected chi connectivity index (χ4v) is 1.80. The van der Waals surface area contributed by atoms with E-state index in [9.17, 15) is 5.11 Å². The Labute approximate surface area is 123 Å². The second kappa shape index (κ2) is 6.66. The van der Waals surface area contributed by atoms with E-state index in [0.29, 0.717) is 17.4 Å². The van der Waals surface area contributed by atoms with Gasteiger partial charge in [-0.3, -0.25) is 0 Å². The molecule has 1 aromatic carbocycles. The van der Waals surface area contributed by atoms with Crippen molar-refractivity contribution in [2.75, 3.05) is 6.61 Å². The fourth-order valence-electron chi connectivity index (χ4n) is 1.32. The number of hydrogen-bond donors (Lipinski definition) is 1. The molecule has 0 aliphatic heterocycles. The molecule has 0 spiro atoms. The molecule has 1 N–H and O–H groups in total. The van der Waals surface area contributed by atoms with Crippen LogP contribution in [-0.2, 0) is 0 Å². The van der Waals surface area contributed by atoms with Crippen molar-refractivity contribution >= 4 is 43.5 Å². The van der Waals surface area contributed by atoms with E-state index in [-0.39, 0.29) is 11.7 Å². The minimum atomic E-state index is 0.131. The van der Waals surface area contributed by atoms with E-state index in [0.717, 1.165) is 8.96 Å². The third-order valence-electron chi connectivity index (χ3n) is 2.18. The number of ether oxygens (including phenoxy) is 1. The molecule has 17 heavy (non-hydrogen) atoms. The summed E-state index contributed by atoms with van der Waals surface area (Å²) in [5.74, 6) is 0.967. The van der Waals surface area contributed by atoms with Gasteiger partial charge < -0.3 is 9.84 Å². The lowest BCUT2D eigenvalue weighted by Crippen LogP contribution is -1.96. The van der Waals surface area contributed by atoms with Crippen LogP contribution >= 0.6 is 43.5 Å². The van der Waals surface area contributed by atoms with Gasteiger partial charge >= 0.3 is 0 Å². The van der Waals surface area contributed by atoms with Crippen molar-refractivity contribution in [2.24, 2.45) is 0 Å². The van der Waals surface area contributed by atoms with E-state index >= 15 is 0 Å². The number of aromatic hydroxyl groups is 1. The van der Waals surface area contributed by atoms with Crippen molar-refractivity contribution in [1.29, 1.82) is 0 Å². The van der Waals surface area contributed by atoms with Crippen molar-refractivity contribution in [1.82, 2.24) is 0 Å². The molecule has 0 fully saturated rings. The van der Waals surface area contributed by atoms with E-state index in [2.05, 4.69) is 31.9 Å². The van der Waals surface area contributed by atoms with E-state index in [1.54, 1.807) is 6.07 Å². The van der Waals surface area contributed by atoms with E-state index in [4.69, 9.17) is 16.3 Å². The normalized spacial score (nSPS) is 10.5.